The maximum atomic E-state index is 8.78. The predicted octanol–water partition coefficient (Wildman–Crippen LogP) is 1.14. The summed E-state index contributed by atoms with van der Waals surface area (Å²) in [6.45, 7) is 0.253. The third kappa shape index (κ3) is 2.54. The van der Waals surface area contributed by atoms with Gasteiger partial charge in [-0.25, -0.2) is 0 Å². The minimum absolute atomic E-state index is 0.0671. The van der Waals surface area contributed by atoms with Crippen LogP contribution < -0.4 is 4.74 Å². The lowest BCUT2D eigenvalue weighted by Crippen LogP contribution is -1.95. The third-order valence-corrected chi connectivity index (χ3v) is 1.83. The molecule has 15 heavy (non-hydrogen) atoms. The van der Waals surface area contributed by atoms with Crippen LogP contribution in [0.1, 0.15) is 11.5 Å². The molecule has 0 aliphatic rings. The first-order chi connectivity index (χ1) is 7.38. The van der Waals surface area contributed by atoms with Gasteiger partial charge in [0.15, 0.2) is 5.76 Å². The molecule has 0 aliphatic heterocycles. The van der Waals surface area contributed by atoms with Crippen molar-refractivity contribution in [1.29, 1.82) is 0 Å². The Balaban J connectivity index is 1.93. The summed E-state index contributed by atoms with van der Waals surface area (Å²) in [6, 6.07) is 5.18. The highest BCUT2D eigenvalue weighted by Crippen LogP contribution is 2.11. The Hall–Kier alpha value is -1.88. The number of pyridine rings is 1. The van der Waals surface area contributed by atoms with Gasteiger partial charge >= 0.3 is 0 Å². The normalized spacial score (nSPS) is 10.2. The van der Waals surface area contributed by atoms with Gasteiger partial charge in [-0.05, 0) is 12.1 Å². The maximum absolute atomic E-state index is 8.78. The van der Waals surface area contributed by atoms with E-state index >= 15 is 0 Å². The molecule has 0 atom stereocenters. The molecule has 0 saturated carbocycles. The molecule has 0 unspecified atom stereocenters. The molecule has 2 heterocycles. The summed E-state index contributed by atoms with van der Waals surface area (Å²) in [5.41, 5.74) is 0.613. The Morgan fingerprint density at radius 3 is 2.87 bits per heavy atom. The number of rotatable bonds is 4. The van der Waals surface area contributed by atoms with Gasteiger partial charge in [0.2, 0.25) is 0 Å². The maximum Gasteiger partial charge on any atom is 0.174 e. The average Bonchev–Trinajstić information content (AvgIpc) is 2.80. The fourth-order valence-electron chi connectivity index (χ4n) is 1.06. The molecule has 2 aromatic heterocycles. The first-order valence-electron chi connectivity index (χ1n) is 4.46. The summed E-state index contributed by atoms with van der Waals surface area (Å²) in [6.07, 6.45) is 3.12. The van der Waals surface area contributed by atoms with Crippen LogP contribution in [0.25, 0.3) is 0 Å². The molecule has 5 heteroatoms. The molecule has 5 nitrogen and oxygen atoms in total. The molecule has 78 valence electrons. The van der Waals surface area contributed by atoms with Crippen molar-refractivity contribution in [3.05, 3.63) is 42.0 Å². The van der Waals surface area contributed by atoms with Gasteiger partial charge in [-0.15, -0.1) is 0 Å². The molecule has 2 rings (SSSR count). The summed E-state index contributed by atoms with van der Waals surface area (Å²) in [4.78, 5) is 3.98. The fourth-order valence-corrected chi connectivity index (χ4v) is 1.06. The van der Waals surface area contributed by atoms with Gasteiger partial charge < -0.3 is 14.4 Å². The van der Waals surface area contributed by atoms with E-state index in [1.54, 1.807) is 30.6 Å². The Morgan fingerprint density at radius 1 is 1.33 bits per heavy atom. The molecule has 2 aromatic rings. The van der Waals surface area contributed by atoms with Gasteiger partial charge in [-0.2, -0.15) is 0 Å². The molecule has 0 aromatic carbocycles. The van der Waals surface area contributed by atoms with E-state index in [1.807, 2.05) is 0 Å². The van der Waals surface area contributed by atoms with Crippen molar-refractivity contribution >= 4 is 0 Å². The smallest absolute Gasteiger partial charge is 0.174 e. The molecule has 0 amide bonds. The summed E-state index contributed by atoms with van der Waals surface area (Å²) in [7, 11) is 0. The molecule has 0 bridgehead atoms. The van der Waals surface area contributed by atoms with E-state index in [9.17, 15) is 0 Å². The number of aromatic nitrogens is 2. The lowest BCUT2D eigenvalue weighted by molar-refractivity contribution is 0.247. The van der Waals surface area contributed by atoms with Crippen LogP contribution in [0.3, 0.4) is 0 Å². The van der Waals surface area contributed by atoms with Crippen LogP contribution in [-0.4, -0.2) is 15.2 Å². The molecule has 0 radical (unpaired) electrons. The number of hydrogen-bond donors (Lipinski definition) is 1. The third-order valence-electron chi connectivity index (χ3n) is 1.83. The lowest BCUT2D eigenvalue weighted by Gasteiger charge is -2.03. The van der Waals surface area contributed by atoms with Crippen LogP contribution in [0.4, 0.5) is 0 Å². The van der Waals surface area contributed by atoms with E-state index in [0.717, 1.165) is 0 Å². The zero-order valence-corrected chi connectivity index (χ0v) is 7.96. The van der Waals surface area contributed by atoms with Crippen molar-refractivity contribution in [2.75, 3.05) is 0 Å². The van der Waals surface area contributed by atoms with E-state index in [1.165, 1.54) is 0 Å². The van der Waals surface area contributed by atoms with Gasteiger partial charge in [-0.3, -0.25) is 4.98 Å². The van der Waals surface area contributed by atoms with Crippen molar-refractivity contribution in [2.45, 2.75) is 13.2 Å². The monoisotopic (exact) mass is 206 g/mol. The molecule has 0 saturated heterocycles. The Labute approximate surface area is 86.3 Å². The quantitative estimate of drug-likeness (QED) is 0.812. The van der Waals surface area contributed by atoms with E-state index in [-0.39, 0.29) is 6.61 Å². The van der Waals surface area contributed by atoms with Crippen molar-refractivity contribution < 1.29 is 14.4 Å². The number of hydrogen-bond acceptors (Lipinski definition) is 5. The number of aliphatic hydroxyl groups excluding tert-OH is 1. The highest BCUT2D eigenvalue weighted by Gasteiger charge is 1.99. The van der Waals surface area contributed by atoms with Gasteiger partial charge in [0.05, 0.1) is 24.7 Å². The Bertz CT molecular complexity index is 397. The molecule has 1 N–H and O–H groups in total. The second kappa shape index (κ2) is 4.56. The van der Waals surface area contributed by atoms with E-state index in [2.05, 4.69) is 10.1 Å². The standard InChI is InChI=1S/C10H10N2O3/c13-6-8-1-2-9(5-11-8)14-7-10-3-4-12-15-10/h1-5,13H,6-7H2. The highest BCUT2D eigenvalue weighted by molar-refractivity contribution is 5.19. The number of aliphatic hydroxyl groups is 1. The Morgan fingerprint density at radius 2 is 2.27 bits per heavy atom. The molecule has 0 aliphatic carbocycles. The second-order valence-electron chi connectivity index (χ2n) is 2.91. The first-order valence-corrected chi connectivity index (χ1v) is 4.46. The van der Waals surface area contributed by atoms with Gasteiger partial charge in [-0.1, -0.05) is 5.16 Å². The van der Waals surface area contributed by atoms with E-state index in [4.69, 9.17) is 14.4 Å². The van der Waals surface area contributed by atoms with Crippen LogP contribution in [-0.2, 0) is 13.2 Å². The SMILES string of the molecule is OCc1ccc(OCc2ccno2)cn1. The predicted molar refractivity (Wildman–Crippen MR) is 51.0 cm³/mol. The minimum Gasteiger partial charge on any atom is -0.484 e. The van der Waals surface area contributed by atoms with Gasteiger partial charge in [0.25, 0.3) is 0 Å². The minimum atomic E-state index is -0.0671. The largest absolute Gasteiger partial charge is 0.484 e. The summed E-state index contributed by atoms with van der Waals surface area (Å²) < 4.78 is 10.2. The molecular formula is C10H10N2O3. The Kier molecular flexibility index (Phi) is 2.94. The first kappa shape index (κ1) is 9.67. The van der Waals surface area contributed by atoms with Gasteiger partial charge in [0, 0.05) is 6.07 Å². The number of ether oxygens (including phenoxy) is 1. The molecular weight excluding hydrogens is 196 g/mol. The summed E-state index contributed by atoms with van der Waals surface area (Å²) >= 11 is 0. The van der Waals surface area contributed by atoms with Crippen molar-refractivity contribution in [2.24, 2.45) is 0 Å². The molecule has 0 spiro atoms. The van der Waals surface area contributed by atoms with Crippen LogP contribution in [0, 0.1) is 0 Å². The summed E-state index contributed by atoms with van der Waals surface area (Å²) in [5.74, 6) is 1.28. The summed E-state index contributed by atoms with van der Waals surface area (Å²) in [5, 5.41) is 12.3. The fraction of sp³-hybridized carbons (Fsp3) is 0.200. The number of nitrogens with zero attached hydrogens (tertiary/aromatic N) is 2. The molecule has 0 fully saturated rings. The zero-order chi connectivity index (χ0) is 10.5. The van der Waals surface area contributed by atoms with Crippen LogP contribution in [0.15, 0.2) is 35.1 Å². The van der Waals surface area contributed by atoms with Crippen molar-refractivity contribution in [1.82, 2.24) is 10.1 Å². The lowest BCUT2D eigenvalue weighted by atomic mass is 10.3. The van der Waals surface area contributed by atoms with Crippen LogP contribution in [0.2, 0.25) is 0 Å². The van der Waals surface area contributed by atoms with Crippen molar-refractivity contribution in [3.63, 3.8) is 0 Å². The van der Waals surface area contributed by atoms with Crippen LogP contribution in [0.5, 0.6) is 5.75 Å². The van der Waals surface area contributed by atoms with Crippen LogP contribution >= 0.6 is 0 Å². The highest BCUT2D eigenvalue weighted by atomic mass is 16.5. The topological polar surface area (TPSA) is 68.4 Å². The second-order valence-corrected chi connectivity index (χ2v) is 2.91. The van der Waals surface area contributed by atoms with Crippen molar-refractivity contribution in [3.8, 4) is 5.75 Å². The van der Waals surface area contributed by atoms with Gasteiger partial charge in [0.1, 0.15) is 12.4 Å². The van der Waals surface area contributed by atoms with E-state index in [0.29, 0.717) is 23.8 Å². The average molecular weight is 206 g/mol. The zero-order valence-electron chi connectivity index (χ0n) is 7.96. The van der Waals surface area contributed by atoms with E-state index < -0.39 is 0 Å².